The maximum atomic E-state index is 11.4. The molecule has 0 aliphatic rings. The van der Waals surface area contributed by atoms with Crippen LogP contribution in [0.2, 0.25) is 0 Å². The van der Waals surface area contributed by atoms with Crippen molar-refractivity contribution in [2.45, 2.75) is 26.3 Å². The predicted molar refractivity (Wildman–Crippen MR) is 76.7 cm³/mol. The number of nitrogens with zero attached hydrogens (tertiary/aromatic N) is 2. The molecule has 0 radical (unpaired) electrons. The van der Waals surface area contributed by atoms with Gasteiger partial charge in [-0.3, -0.25) is 19.7 Å². The SMILES string of the molecule is CC(C)NC(=O)CC(=O)N/N=C\c1ccc([N+](=O)[O-])cc1. The lowest BCUT2D eigenvalue weighted by atomic mass is 10.2. The minimum absolute atomic E-state index is 0.0263. The molecule has 0 aromatic heterocycles. The maximum Gasteiger partial charge on any atom is 0.269 e. The van der Waals surface area contributed by atoms with E-state index in [0.717, 1.165) is 0 Å². The van der Waals surface area contributed by atoms with Gasteiger partial charge in [0.1, 0.15) is 6.42 Å². The summed E-state index contributed by atoms with van der Waals surface area (Å²) in [6.07, 6.45) is 1.03. The molecule has 0 aliphatic heterocycles. The number of hydrazone groups is 1. The van der Waals surface area contributed by atoms with Gasteiger partial charge in [0.15, 0.2) is 0 Å². The molecule has 112 valence electrons. The average molecular weight is 292 g/mol. The van der Waals surface area contributed by atoms with E-state index in [0.29, 0.717) is 5.56 Å². The van der Waals surface area contributed by atoms with Crippen LogP contribution in [0, 0.1) is 10.1 Å². The molecule has 8 nitrogen and oxygen atoms in total. The highest BCUT2D eigenvalue weighted by Gasteiger charge is 2.09. The number of nitrogens with one attached hydrogen (secondary N) is 2. The summed E-state index contributed by atoms with van der Waals surface area (Å²) in [6.45, 7) is 3.59. The molecule has 0 heterocycles. The van der Waals surface area contributed by atoms with Crippen molar-refractivity contribution in [2.75, 3.05) is 0 Å². The molecule has 0 atom stereocenters. The van der Waals surface area contributed by atoms with Crippen molar-refractivity contribution in [3.63, 3.8) is 0 Å². The van der Waals surface area contributed by atoms with Crippen LogP contribution >= 0.6 is 0 Å². The number of carbonyl (C=O) groups excluding carboxylic acids is 2. The Morgan fingerprint density at radius 1 is 1.29 bits per heavy atom. The smallest absolute Gasteiger partial charge is 0.269 e. The summed E-state index contributed by atoms with van der Waals surface area (Å²) in [6, 6.07) is 5.63. The van der Waals surface area contributed by atoms with Crippen LogP contribution in [-0.2, 0) is 9.59 Å². The van der Waals surface area contributed by atoms with E-state index in [-0.39, 0.29) is 24.1 Å². The molecule has 2 N–H and O–H groups in total. The molecule has 0 saturated carbocycles. The van der Waals surface area contributed by atoms with Crippen LogP contribution in [-0.4, -0.2) is 29.0 Å². The lowest BCUT2D eigenvalue weighted by Gasteiger charge is -2.06. The Bertz CT molecular complexity index is 552. The van der Waals surface area contributed by atoms with Gasteiger partial charge in [-0.05, 0) is 31.5 Å². The fourth-order valence-electron chi connectivity index (χ4n) is 1.42. The Labute approximate surface area is 121 Å². The quantitative estimate of drug-likeness (QED) is 0.352. The largest absolute Gasteiger partial charge is 0.353 e. The Morgan fingerprint density at radius 2 is 1.90 bits per heavy atom. The summed E-state index contributed by atoms with van der Waals surface area (Å²) in [4.78, 5) is 32.7. The molecule has 2 amide bonds. The normalized spacial score (nSPS) is 10.6. The highest BCUT2D eigenvalue weighted by atomic mass is 16.6. The van der Waals surface area contributed by atoms with E-state index in [1.807, 2.05) is 0 Å². The van der Waals surface area contributed by atoms with Crippen LogP contribution in [0.3, 0.4) is 0 Å². The molecule has 0 fully saturated rings. The van der Waals surface area contributed by atoms with Crippen LogP contribution in [0.4, 0.5) is 5.69 Å². The minimum atomic E-state index is -0.536. The van der Waals surface area contributed by atoms with E-state index in [1.54, 1.807) is 13.8 Å². The first kappa shape index (κ1) is 16.3. The number of hydrogen-bond donors (Lipinski definition) is 2. The van der Waals surface area contributed by atoms with Crippen LogP contribution in [0.1, 0.15) is 25.8 Å². The molecule has 1 aromatic rings. The predicted octanol–water partition coefficient (Wildman–Crippen LogP) is 0.960. The first-order chi connectivity index (χ1) is 9.88. The molecule has 0 aliphatic carbocycles. The van der Waals surface area contributed by atoms with Gasteiger partial charge in [-0.1, -0.05) is 0 Å². The standard InChI is InChI=1S/C13H16N4O4/c1-9(2)15-12(18)7-13(19)16-14-8-10-3-5-11(6-4-10)17(20)21/h3-6,8-9H,7H2,1-2H3,(H,15,18)(H,16,19)/b14-8-. The van der Waals surface area contributed by atoms with E-state index < -0.39 is 10.8 Å². The zero-order valence-electron chi connectivity index (χ0n) is 11.7. The monoisotopic (exact) mass is 292 g/mol. The minimum Gasteiger partial charge on any atom is -0.353 e. The third-order valence-electron chi connectivity index (χ3n) is 2.28. The van der Waals surface area contributed by atoms with Crippen LogP contribution < -0.4 is 10.7 Å². The van der Waals surface area contributed by atoms with Crippen molar-refractivity contribution in [3.8, 4) is 0 Å². The molecule has 8 heteroatoms. The molecule has 1 aromatic carbocycles. The summed E-state index contributed by atoms with van der Waals surface area (Å²) in [5, 5.41) is 16.7. The molecule has 21 heavy (non-hydrogen) atoms. The van der Waals surface area contributed by atoms with Crippen LogP contribution in [0.5, 0.6) is 0 Å². The summed E-state index contributed by atoms with van der Waals surface area (Å²) < 4.78 is 0. The summed E-state index contributed by atoms with van der Waals surface area (Å²) >= 11 is 0. The van der Waals surface area contributed by atoms with Crippen molar-refractivity contribution in [1.29, 1.82) is 0 Å². The molecule has 1 rings (SSSR count). The summed E-state index contributed by atoms with van der Waals surface area (Å²) in [5.74, 6) is -0.917. The second kappa shape index (κ2) is 7.73. The van der Waals surface area contributed by atoms with Gasteiger partial charge < -0.3 is 5.32 Å². The van der Waals surface area contributed by atoms with Gasteiger partial charge in [0.25, 0.3) is 5.69 Å². The second-order valence-electron chi connectivity index (χ2n) is 4.54. The lowest BCUT2D eigenvalue weighted by molar-refractivity contribution is -0.384. The second-order valence-corrected chi connectivity index (χ2v) is 4.54. The van der Waals surface area contributed by atoms with Crippen molar-refractivity contribution in [3.05, 3.63) is 39.9 Å². The molecule has 0 spiro atoms. The van der Waals surface area contributed by atoms with E-state index in [4.69, 9.17) is 0 Å². The van der Waals surface area contributed by atoms with Gasteiger partial charge >= 0.3 is 0 Å². The Hall–Kier alpha value is -2.77. The van der Waals surface area contributed by atoms with E-state index >= 15 is 0 Å². The molecular formula is C13H16N4O4. The number of amides is 2. The molecule has 0 bridgehead atoms. The number of carbonyl (C=O) groups is 2. The number of hydrogen-bond acceptors (Lipinski definition) is 5. The van der Waals surface area contributed by atoms with Gasteiger partial charge in [0.05, 0.1) is 11.1 Å². The zero-order chi connectivity index (χ0) is 15.8. The topological polar surface area (TPSA) is 114 Å². The van der Waals surface area contributed by atoms with E-state index in [2.05, 4.69) is 15.8 Å². The third-order valence-corrected chi connectivity index (χ3v) is 2.28. The Balaban J connectivity index is 2.45. The van der Waals surface area contributed by atoms with Gasteiger partial charge in [-0.25, -0.2) is 5.43 Å². The van der Waals surface area contributed by atoms with Crippen LogP contribution in [0.15, 0.2) is 29.4 Å². The fourth-order valence-corrected chi connectivity index (χ4v) is 1.42. The molecule has 0 unspecified atom stereocenters. The van der Waals surface area contributed by atoms with Crippen molar-refractivity contribution in [1.82, 2.24) is 10.7 Å². The number of nitro benzene ring substituents is 1. The third kappa shape index (κ3) is 6.28. The average Bonchev–Trinajstić information content (AvgIpc) is 2.38. The first-order valence-corrected chi connectivity index (χ1v) is 6.24. The van der Waals surface area contributed by atoms with Gasteiger partial charge in [-0.15, -0.1) is 0 Å². The van der Waals surface area contributed by atoms with Crippen molar-refractivity contribution in [2.24, 2.45) is 5.10 Å². The summed E-state index contributed by atoms with van der Waals surface area (Å²) in [5.41, 5.74) is 2.77. The Kier molecular flexibility index (Phi) is 5.99. The Morgan fingerprint density at radius 3 is 2.43 bits per heavy atom. The number of benzene rings is 1. The van der Waals surface area contributed by atoms with E-state index in [9.17, 15) is 19.7 Å². The van der Waals surface area contributed by atoms with Crippen molar-refractivity contribution < 1.29 is 14.5 Å². The molecule has 0 saturated heterocycles. The fraction of sp³-hybridized carbons (Fsp3) is 0.308. The van der Waals surface area contributed by atoms with Gasteiger partial charge in [-0.2, -0.15) is 5.10 Å². The van der Waals surface area contributed by atoms with Crippen molar-refractivity contribution >= 4 is 23.7 Å². The highest BCUT2D eigenvalue weighted by molar-refractivity contribution is 5.97. The lowest BCUT2D eigenvalue weighted by Crippen LogP contribution is -2.34. The van der Waals surface area contributed by atoms with E-state index in [1.165, 1.54) is 30.5 Å². The maximum absolute atomic E-state index is 11.4. The molecular weight excluding hydrogens is 276 g/mol. The number of nitro groups is 1. The van der Waals surface area contributed by atoms with Gasteiger partial charge in [0, 0.05) is 18.2 Å². The zero-order valence-corrected chi connectivity index (χ0v) is 11.7. The summed E-state index contributed by atoms with van der Waals surface area (Å²) in [7, 11) is 0. The first-order valence-electron chi connectivity index (χ1n) is 6.24. The number of rotatable bonds is 6. The van der Waals surface area contributed by atoms with Gasteiger partial charge in [0.2, 0.25) is 11.8 Å². The highest BCUT2D eigenvalue weighted by Crippen LogP contribution is 2.10. The van der Waals surface area contributed by atoms with Crippen LogP contribution in [0.25, 0.3) is 0 Å². The number of non-ortho nitro benzene ring substituents is 1.